The van der Waals surface area contributed by atoms with Crippen LogP contribution in [0.25, 0.3) is 0 Å². The van der Waals surface area contributed by atoms with Gasteiger partial charge in [0.1, 0.15) is 5.37 Å². The van der Waals surface area contributed by atoms with Crippen molar-refractivity contribution in [2.75, 3.05) is 17.6 Å². The van der Waals surface area contributed by atoms with Gasteiger partial charge >= 0.3 is 6.03 Å². The number of urea groups is 1. The molecule has 7 heteroatoms. The highest BCUT2D eigenvalue weighted by Gasteiger charge is 2.32. The van der Waals surface area contributed by atoms with Crippen molar-refractivity contribution in [2.45, 2.75) is 5.37 Å². The van der Waals surface area contributed by atoms with Crippen LogP contribution in [0.2, 0.25) is 15.1 Å². The third-order valence-electron chi connectivity index (χ3n) is 3.48. The monoisotopic (exact) mass is 386 g/mol. The molecule has 3 nitrogen and oxygen atoms in total. The van der Waals surface area contributed by atoms with Gasteiger partial charge in [0.15, 0.2) is 0 Å². The van der Waals surface area contributed by atoms with E-state index in [1.54, 1.807) is 47.0 Å². The molecule has 0 aromatic heterocycles. The highest BCUT2D eigenvalue weighted by molar-refractivity contribution is 7.99. The maximum atomic E-state index is 12.6. The van der Waals surface area contributed by atoms with Crippen LogP contribution in [0.5, 0.6) is 0 Å². The molecule has 0 aliphatic carbocycles. The van der Waals surface area contributed by atoms with Gasteiger partial charge in [-0.05, 0) is 24.3 Å². The fourth-order valence-corrected chi connectivity index (χ4v) is 4.36. The van der Waals surface area contributed by atoms with Gasteiger partial charge in [-0.15, -0.1) is 11.8 Å². The number of nitrogens with zero attached hydrogens (tertiary/aromatic N) is 1. The summed E-state index contributed by atoms with van der Waals surface area (Å²) in [5.74, 6) is 0.844. The van der Waals surface area contributed by atoms with Gasteiger partial charge in [0, 0.05) is 28.6 Å². The number of anilines is 1. The molecule has 2 amide bonds. The standard InChI is InChI=1S/C16H13Cl3N2OS/c17-10-3-1-4-11(9-10)20-16(22)21-7-8-23-15(21)12-5-2-6-13(18)14(12)19/h1-6,9,15H,7-8H2,(H,20,22)/t15-/m1/s1. The number of hydrogen-bond acceptors (Lipinski definition) is 2. The van der Waals surface area contributed by atoms with E-state index in [9.17, 15) is 4.79 Å². The van der Waals surface area contributed by atoms with E-state index in [0.717, 1.165) is 11.3 Å². The summed E-state index contributed by atoms with van der Waals surface area (Å²) < 4.78 is 0. The van der Waals surface area contributed by atoms with E-state index < -0.39 is 0 Å². The third kappa shape index (κ3) is 3.72. The molecule has 23 heavy (non-hydrogen) atoms. The predicted molar refractivity (Wildman–Crippen MR) is 98.8 cm³/mol. The number of hydrogen-bond donors (Lipinski definition) is 1. The lowest BCUT2D eigenvalue weighted by atomic mass is 10.2. The average Bonchev–Trinajstić information content (AvgIpc) is 2.99. The second kappa shape index (κ2) is 7.22. The van der Waals surface area contributed by atoms with Crippen molar-refractivity contribution in [1.82, 2.24) is 4.90 Å². The highest BCUT2D eigenvalue weighted by atomic mass is 35.5. The number of rotatable bonds is 2. The maximum absolute atomic E-state index is 12.6. The minimum absolute atomic E-state index is 0.152. The minimum Gasteiger partial charge on any atom is -0.308 e. The van der Waals surface area contributed by atoms with E-state index in [4.69, 9.17) is 34.8 Å². The van der Waals surface area contributed by atoms with Crippen molar-refractivity contribution >= 4 is 58.3 Å². The molecule has 1 aliphatic heterocycles. The largest absolute Gasteiger partial charge is 0.323 e. The van der Waals surface area contributed by atoms with Crippen LogP contribution in [0.1, 0.15) is 10.9 Å². The van der Waals surface area contributed by atoms with E-state index in [-0.39, 0.29) is 11.4 Å². The lowest BCUT2D eigenvalue weighted by Gasteiger charge is -2.25. The third-order valence-corrected chi connectivity index (χ3v) is 5.79. The molecule has 3 rings (SSSR count). The summed E-state index contributed by atoms with van der Waals surface area (Å²) >= 11 is 20.0. The quantitative estimate of drug-likeness (QED) is 0.693. The molecular formula is C16H13Cl3N2OS. The number of halogens is 3. The zero-order valence-corrected chi connectivity index (χ0v) is 15.0. The molecule has 0 unspecified atom stereocenters. The van der Waals surface area contributed by atoms with Crippen LogP contribution in [-0.4, -0.2) is 23.2 Å². The van der Waals surface area contributed by atoms with Crippen LogP contribution >= 0.6 is 46.6 Å². The van der Waals surface area contributed by atoms with Gasteiger partial charge < -0.3 is 10.2 Å². The number of nitrogens with one attached hydrogen (secondary N) is 1. The molecule has 1 fully saturated rings. The van der Waals surface area contributed by atoms with Crippen molar-refractivity contribution in [3.05, 3.63) is 63.1 Å². The minimum atomic E-state index is -0.182. The normalized spacial score (nSPS) is 17.3. The summed E-state index contributed by atoms with van der Waals surface area (Å²) in [6.45, 7) is 0.643. The first-order valence-electron chi connectivity index (χ1n) is 6.95. The Labute approximate surface area is 153 Å². The van der Waals surface area contributed by atoms with Crippen LogP contribution in [0.15, 0.2) is 42.5 Å². The molecular weight excluding hydrogens is 375 g/mol. The van der Waals surface area contributed by atoms with E-state index >= 15 is 0 Å². The maximum Gasteiger partial charge on any atom is 0.323 e. The molecule has 0 spiro atoms. The second-order valence-corrected chi connectivity index (χ2v) is 7.41. The summed E-state index contributed by atoms with van der Waals surface area (Å²) in [6, 6.07) is 12.4. The Hall–Kier alpha value is -1.07. The Kier molecular flexibility index (Phi) is 5.27. The van der Waals surface area contributed by atoms with Crippen LogP contribution < -0.4 is 5.32 Å². The van der Waals surface area contributed by atoms with Gasteiger partial charge in [-0.25, -0.2) is 4.79 Å². The molecule has 0 saturated carbocycles. The summed E-state index contributed by atoms with van der Waals surface area (Å²) in [6.07, 6.45) is 0. The van der Waals surface area contributed by atoms with Crippen molar-refractivity contribution in [3.8, 4) is 0 Å². The van der Waals surface area contributed by atoms with Gasteiger partial charge in [-0.2, -0.15) is 0 Å². The SMILES string of the molecule is O=C(Nc1cccc(Cl)c1)N1CCS[C@@H]1c1cccc(Cl)c1Cl. The number of carbonyl (C=O) groups excluding carboxylic acids is 1. The Morgan fingerprint density at radius 2 is 1.96 bits per heavy atom. The molecule has 2 aromatic carbocycles. The van der Waals surface area contributed by atoms with Gasteiger partial charge in [0.05, 0.1) is 10.0 Å². The molecule has 0 radical (unpaired) electrons. The van der Waals surface area contributed by atoms with E-state index in [1.807, 2.05) is 12.1 Å². The van der Waals surface area contributed by atoms with Crippen LogP contribution in [0.3, 0.4) is 0 Å². The first-order valence-corrected chi connectivity index (χ1v) is 9.13. The molecule has 1 heterocycles. The smallest absolute Gasteiger partial charge is 0.308 e. The van der Waals surface area contributed by atoms with Crippen molar-refractivity contribution in [3.63, 3.8) is 0 Å². The first-order chi connectivity index (χ1) is 11.1. The van der Waals surface area contributed by atoms with Crippen molar-refractivity contribution in [1.29, 1.82) is 0 Å². The van der Waals surface area contributed by atoms with Gasteiger partial charge in [-0.1, -0.05) is 53.0 Å². The first kappa shape index (κ1) is 16.8. The zero-order valence-electron chi connectivity index (χ0n) is 11.9. The predicted octanol–water partition coefficient (Wildman–Crippen LogP) is 5.93. The Morgan fingerprint density at radius 1 is 1.17 bits per heavy atom. The van der Waals surface area contributed by atoms with Crippen LogP contribution in [-0.2, 0) is 0 Å². The highest BCUT2D eigenvalue weighted by Crippen LogP contribution is 2.42. The summed E-state index contributed by atoms with van der Waals surface area (Å²) in [5, 5.41) is 4.28. The zero-order chi connectivity index (χ0) is 16.4. The van der Waals surface area contributed by atoms with Gasteiger partial charge in [0.25, 0.3) is 0 Å². The topological polar surface area (TPSA) is 32.3 Å². The Balaban J connectivity index is 1.81. The lowest BCUT2D eigenvalue weighted by molar-refractivity contribution is 0.214. The summed E-state index contributed by atoms with van der Waals surface area (Å²) in [5.41, 5.74) is 1.51. The molecule has 2 aromatic rings. The average molecular weight is 388 g/mol. The molecule has 1 aliphatic rings. The summed E-state index contributed by atoms with van der Waals surface area (Å²) in [7, 11) is 0. The number of thioether (sulfide) groups is 1. The lowest BCUT2D eigenvalue weighted by Crippen LogP contribution is -2.34. The van der Waals surface area contributed by atoms with E-state index in [1.165, 1.54) is 0 Å². The molecule has 120 valence electrons. The van der Waals surface area contributed by atoms with Gasteiger partial charge in [0.2, 0.25) is 0 Å². The molecule has 1 atom stereocenters. The number of carbonyl (C=O) groups is 1. The Bertz CT molecular complexity index is 741. The fourth-order valence-electron chi connectivity index (χ4n) is 2.41. The van der Waals surface area contributed by atoms with Crippen LogP contribution in [0.4, 0.5) is 10.5 Å². The van der Waals surface area contributed by atoms with Gasteiger partial charge in [-0.3, -0.25) is 0 Å². The summed E-state index contributed by atoms with van der Waals surface area (Å²) in [4.78, 5) is 14.3. The number of amides is 2. The number of benzene rings is 2. The Morgan fingerprint density at radius 3 is 2.74 bits per heavy atom. The fraction of sp³-hybridized carbons (Fsp3) is 0.188. The van der Waals surface area contributed by atoms with E-state index in [2.05, 4.69) is 5.32 Å². The van der Waals surface area contributed by atoms with Crippen LogP contribution in [0, 0.1) is 0 Å². The molecule has 0 bridgehead atoms. The molecule has 1 N–H and O–H groups in total. The molecule has 1 saturated heterocycles. The van der Waals surface area contributed by atoms with E-state index in [0.29, 0.717) is 27.3 Å². The second-order valence-electron chi connectivity index (χ2n) is 5.00. The van der Waals surface area contributed by atoms with Crippen molar-refractivity contribution < 1.29 is 4.79 Å². The van der Waals surface area contributed by atoms with Crippen molar-refractivity contribution in [2.24, 2.45) is 0 Å².